The lowest BCUT2D eigenvalue weighted by Crippen LogP contribution is -2.38. The third kappa shape index (κ3) is 5.37. The van der Waals surface area contributed by atoms with Crippen molar-refractivity contribution in [2.24, 2.45) is 0 Å². The van der Waals surface area contributed by atoms with Gasteiger partial charge in [0, 0.05) is 17.8 Å². The lowest BCUT2D eigenvalue weighted by molar-refractivity contribution is -0.147. The molecule has 20 heavy (non-hydrogen) atoms. The lowest BCUT2D eigenvalue weighted by atomic mass is 10.2. The van der Waals surface area contributed by atoms with Gasteiger partial charge < -0.3 is 20.8 Å². The number of aryl methyl sites for hydroxylation is 1. The highest BCUT2D eigenvalue weighted by Crippen LogP contribution is 2.14. The summed E-state index contributed by atoms with van der Waals surface area (Å²) in [5, 5.41) is 22.3. The molecule has 0 aliphatic carbocycles. The molecule has 0 unspecified atom stereocenters. The molecule has 7 nitrogen and oxygen atoms in total. The molecule has 0 aliphatic rings. The molecule has 1 rings (SSSR count). The Morgan fingerprint density at radius 2 is 2.00 bits per heavy atom. The van der Waals surface area contributed by atoms with Gasteiger partial charge in [0.1, 0.15) is 0 Å². The van der Waals surface area contributed by atoms with Gasteiger partial charge >= 0.3 is 5.97 Å². The molecule has 0 bridgehead atoms. The van der Waals surface area contributed by atoms with Crippen LogP contribution < -0.4 is 10.6 Å². The number of hydrogen-bond acceptors (Lipinski definition) is 5. The largest absolute Gasteiger partial charge is 0.479 e. The number of carboxylic acid groups (broad SMARTS) is 1. The molecule has 1 aromatic rings. The van der Waals surface area contributed by atoms with E-state index in [1.807, 2.05) is 13.0 Å². The van der Waals surface area contributed by atoms with Crippen molar-refractivity contribution in [3.05, 3.63) is 21.9 Å². The van der Waals surface area contributed by atoms with Crippen LogP contribution in [-0.4, -0.2) is 47.2 Å². The van der Waals surface area contributed by atoms with Crippen molar-refractivity contribution in [2.75, 3.05) is 13.1 Å². The first-order chi connectivity index (χ1) is 9.40. The van der Waals surface area contributed by atoms with Crippen LogP contribution in [0, 0.1) is 6.92 Å². The predicted octanol–water partition coefficient (Wildman–Crippen LogP) is -0.262. The minimum atomic E-state index is -1.50. The first-order valence-electron chi connectivity index (χ1n) is 5.92. The summed E-state index contributed by atoms with van der Waals surface area (Å²) < 4.78 is 0. The van der Waals surface area contributed by atoms with E-state index < -0.39 is 18.0 Å². The van der Waals surface area contributed by atoms with Gasteiger partial charge in [0.15, 0.2) is 6.10 Å². The number of carbonyl (C=O) groups is 3. The summed E-state index contributed by atoms with van der Waals surface area (Å²) in [5.41, 5.74) is 0. The van der Waals surface area contributed by atoms with Gasteiger partial charge in [-0.2, -0.15) is 0 Å². The summed E-state index contributed by atoms with van der Waals surface area (Å²) >= 11 is 1.33. The second-order valence-corrected chi connectivity index (χ2v) is 5.37. The number of amides is 2. The smallest absolute Gasteiger partial charge is 0.332 e. The number of thiophene rings is 1. The molecule has 0 spiro atoms. The van der Waals surface area contributed by atoms with Gasteiger partial charge in [0.2, 0.25) is 5.91 Å². The van der Waals surface area contributed by atoms with E-state index in [0.717, 1.165) is 4.88 Å². The second-order valence-electron chi connectivity index (χ2n) is 4.09. The summed E-state index contributed by atoms with van der Waals surface area (Å²) in [7, 11) is 0. The van der Waals surface area contributed by atoms with Gasteiger partial charge in [-0.15, -0.1) is 11.3 Å². The third-order valence-electron chi connectivity index (χ3n) is 2.40. The molecule has 1 heterocycles. The van der Waals surface area contributed by atoms with Gasteiger partial charge in [0.25, 0.3) is 5.91 Å². The van der Waals surface area contributed by atoms with Crippen LogP contribution >= 0.6 is 11.3 Å². The van der Waals surface area contributed by atoms with Crippen LogP contribution in [0.15, 0.2) is 12.1 Å². The monoisotopic (exact) mass is 300 g/mol. The third-order valence-corrected chi connectivity index (χ3v) is 3.40. The topological polar surface area (TPSA) is 116 Å². The van der Waals surface area contributed by atoms with Crippen molar-refractivity contribution in [1.29, 1.82) is 0 Å². The number of hydrogen-bond donors (Lipinski definition) is 4. The summed E-state index contributed by atoms with van der Waals surface area (Å²) in [6.45, 7) is 1.71. The average molecular weight is 300 g/mol. The van der Waals surface area contributed by atoms with Gasteiger partial charge in [-0.1, -0.05) is 0 Å². The SMILES string of the molecule is Cc1ccc(C(=O)NCC(=O)NCC[C@H](O)C(=O)O)s1. The number of aliphatic hydroxyl groups is 1. The highest BCUT2D eigenvalue weighted by Gasteiger charge is 2.13. The molecule has 1 atom stereocenters. The first-order valence-corrected chi connectivity index (χ1v) is 6.74. The van der Waals surface area contributed by atoms with E-state index in [1.165, 1.54) is 11.3 Å². The fourth-order valence-electron chi connectivity index (χ4n) is 1.34. The minimum absolute atomic E-state index is 0.0281. The fraction of sp³-hybridized carbons (Fsp3) is 0.417. The molecule has 8 heteroatoms. The van der Waals surface area contributed by atoms with E-state index in [1.54, 1.807) is 6.07 Å². The standard InChI is InChI=1S/C12H16N2O5S/c1-7-2-3-9(20-7)11(17)14-6-10(16)13-5-4-8(15)12(18)19/h2-3,8,15H,4-6H2,1H3,(H,13,16)(H,14,17)(H,18,19)/t8-/m0/s1. The van der Waals surface area contributed by atoms with Crippen molar-refractivity contribution < 1.29 is 24.6 Å². The van der Waals surface area contributed by atoms with Crippen molar-refractivity contribution in [3.8, 4) is 0 Å². The van der Waals surface area contributed by atoms with E-state index in [9.17, 15) is 14.4 Å². The Kier molecular flexibility index (Phi) is 6.13. The van der Waals surface area contributed by atoms with E-state index in [0.29, 0.717) is 4.88 Å². The zero-order valence-electron chi connectivity index (χ0n) is 10.9. The number of nitrogens with one attached hydrogen (secondary N) is 2. The predicted molar refractivity (Wildman–Crippen MR) is 72.7 cm³/mol. The van der Waals surface area contributed by atoms with Gasteiger partial charge in [-0.3, -0.25) is 9.59 Å². The van der Waals surface area contributed by atoms with Gasteiger partial charge in [-0.05, 0) is 19.1 Å². The number of carboxylic acids is 1. The molecule has 2 amide bonds. The Hall–Kier alpha value is -1.93. The summed E-state index contributed by atoms with van der Waals surface area (Å²) in [4.78, 5) is 34.9. The normalized spacial score (nSPS) is 11.7. The number of rotatable bonds is 7. The number of aliphatic hydroxyl groups excluding tert-OH is 1. The second kappa shape index (κ2) is 7.61. The highest BCUT2D eigenvalue weighted by atomic mass is 32.1. The van der Waals surface area contributed by atoms with E-state index in [-0.39, 0.29) is 25.4 Å². The highest BCUT2D eigenvalue weighted by molar-refractivity contribution is 7.13. The minimum Gasteiger partial charge on any atom is -0.479 e. The summed E-state index contributed by atoms with van der Waals surface area (Å²) in [5.74, 6) is -2.10. The molecule has 0 aliphatic heterocycles. The van der Waals surface area contributed by atoms with E-state index in [4.69, 9.17) is 10.2 Å². The van der Waals surface area contributed by atoms with Gasteiger partial charge in [0.05, 0.1) is 11.4 Å². The zero-order valence-corrected chi connectivity index (χ0v) is 11.7. The van der Waals surface area contributed by atoms with Crippen LogP contribution in [0.3, 0.4) is 0 Å². The maximum Gasteiger partial charge on any atom is 0.332 e. The fourth-order valence-corrected chi connectivity index (χ4v) is 2.12. The Balaban J connectivity index is 2.23. The molecule has 0 saturated heterocycles. The van der Waals surface area contributed by atoms with Crippen molar-refractivity contribution in [3.63, 3.8) is 0 Å². The molecule has 110 valence electrons. The van der Waals surface area contributed by atoms with E-state index >= 15 is 0 Å². The lowest BCUT2D eigenvalue weighted by Gasteiger charge is -2.07. The first kappa shape index (κ1) is 16.1. The van der Waals surface area contributed by atoms with Crippen molar-refractivity contribution >= 4 is 29.1 Å². The van der Waals surface area contributed by atoms with Crippen LogP contribution in [-0.2, 0) is 9.59 Å². The summed E-state index contributed by atoms with van der Waals surface area (Å²) in [6.07, 6.45) is -1.59. The maximum absolute atomic E-state index is 11.6. The van der Waals surface area contributed by atoms with E-state index in [2.05, 4.69) is 10.6 Å². The molecule has 0 aromatic carbocycles. The van der Waals surface area contributed by atoms with Crippen LogP contribution in [0.4, 0.5) is 0 Å². The average Bonchev–Trinajstić information content (AvgIpc) is 2.82. The Morgan fingerprint density at radius 1 is 1.30 bits per heavy atom. The molecule has 4 N–H and O–H groups in total. The molecule has 1 aromatic heterocycles. The van der Waals surface area contributed by atoms with Crippen molar-refractivity contribution in [2.45, 2.75) is 19.4 Å². The Labute approximate surface area is 119 Å². The molecular weight excluding hydrogens is 284 g/mol. The Morgan fingerprint density at radius 3 is 2.55 bits per heavy atom. The molecular formula is C12H16N2O5S. The molecule has 0 saturated carbocycles. The quantitative estimate of drug-likeness (QED) is 0.553. The zero-order chi connectivity index (χ0) is 15.1. The summed E-state index contributed by atoms with van der Waals surface area (Å²) in [6, 6.07) is 3.49. The number of aliphatic carboxylic acids is 1. The van der Waals surface area contributed by atoms with Crippen LogP contribution in [0.1, 0.15) is 21.0 Å². The van der Waals surface area contributed by atoms with Crippen molar-refractivity contribution in [1.82, 2.24) is 10.6 Å². The van der Waals surface area contributed by atoms with Crippen LogP contribution in [0.2, 0.25) is 0 Å². The van der Waals surface area contributed by atoms with Crippen LogP contribution in [0.5, 0.6) is 0 Å². The number of carbonyl (C=O) groups excluding carboxylic acids is 2. The van der Waals surface area contributed by atoms with Gasteiger partial charge in [-0.25, -0.2) is 4.79 Å². The Bertz CT molecular complexity index is 500. The maximum atomic E-state index is 11.6. The van der Waals surface area contributed by atoms with Crippen LogP contribution in [0.25, 0.3) is 0 Å². The molecule has 0 fully saturated rings. The molecule has 0 radical (unpaired) electrons.